The zero-order valence-corrected chi connectivity index (χ0v) is 8.70. The molecule has 2 nitrogen and oxygen atoms in total. The lowest BCUT2D eigenvalue weighted by Gasteiger charge is -2.22. The van der Waals surface area contributed by atoms with Gasteiger partial charge in [-0.3, -0.25) is 0 Å². The summed E-state index contributed by atoms with van der Waals surface area (Å²) >= 11 is 0. The second-order valence-corrected chi connectivity index (χ2v) is 3.55. The number of rotatable bonds is 3. The van der Waals surface area contributed by atoms with Crippen molar-refractivity contribution in [3.8, 4) is 0 Å². The van der Waals surface area contributed by atoms with Gasteiger partial charge in [0.25, 0.3) is 0 Å². The Bertz CT molecular complexity index is 236. The van der Waals surface area contributed by atoms with Crippen LogP contribution in [0, 0.1) is 0 Å². The molecule has 0 heterocycles. The van der Waals surface area contributed by atoms with Gasteiger partial charge in [-0.15, -0.1) is 0 Å². The van der Waals surface area contributed by atoms with E-state index in [1.165, 1.54) is 5.57 Å². The maximum Gasteiger partial charge on any atom is 0.0309 e. The fourth-order valence-corrected chi connectivity index (χ4v) is 1.38. The lowest BCUT2D eigenvalue weighted by atomic mass is 10.0. The number of allylic oxidation sites excluding steroid dienone is 2. The molecule has 0 amide bonds. The zero-order chi connectivity index (χ0) is 9.68. The minimum atomic E-state index is 0.572. The Morgan fingerprint density at radius 2 is 2.38 bits per heavy atom. The third kappa shape index (κ3) is 3.15. The van der Waals surface area contributed by atoms with Gasteiger partial charge in [-0.1, -0.05) is 18.2 Å². The first-order valence-corrected chi connectivity index (χ1v) is 4.68. The fraction of sp³-hybridized carbons (Fsp3) is 0.545. The second-order valence-electron chi connectivity index (χ2n) is 3.55. The van der Waals surface area contributed by atoms with E-state index in [4.69, 9.17) is 0 Å². The van der Waals surface area contributed by atoms with Crippen LogP contribution in [0.15, 0.2) is 28.8 Å². The van der Waals surface area contributed by atoms with Gasteiger partial charge in [-0.2, -0.15) is 0 Å². The summed E-state index contributed by atoms with van der Waals surface area (Å²) in [4.78, 5) is 6.21. The molecule has 0 saturated heterocycles. The van der Waals surface area contributed by atoms with Crippen molar-refractivity contribution in [3.05, 3.63) is 23.8 Å². The molecule has 13 heavy (non-hydrogen) atoms. The molecule has 0 fully saturated rings. The summed E-state index contributed by atoms with van der Waals surface area (Å²) in [7, 11) is 6.04. The van der Waals surface area contributed by atoms with E-state index in [-0.39, 0.29) is 0 Å². The van der Waals surface area contributed by atoms with Crippen LogP contribution in [0.5, 0.6) is 0 Å². The molecule has 1 unspecified atom stereocenters. The Morgan fingerprint density at radius 3 is 2.85 bits per heavy atom. The molecule has 1 aliphatic carbocycles. The van der Waals surface area contributed by atoms with Crippen LogP contribution in [0.4, 0.5) is 0 Å². The van der Waals surface area contributed by atoms with Crippen LogP contribution in [0.2, 0.25) is 0 Å². The first-order chi connectivity index (χ1) is 6.24. The van der Waals surface area contributed by atoms with E-state index in [1.54, 1.807) is 0 Å². The van der Waals surface area contributed by atoms with Crippen LogP contribution >= 0.6 is 0 Å². The molecular formula is C11H18N2. The zero-order valence-electron chi connectivity index (χ0n) is 8.70. The van der Waals surface area contributed by atoms with Crippen molar-refractivity contribution < 1.29 is 0 Å². The van der Waals surface area contributed by atoms with Crippen LogP contribution in [0.3, 0.4) is 0 Å². The largest absolute Gasteiger partial charge is 0.303 e. The van der Waals surface area contributed by atoms with E-state index in [9.17, 15) is 0 Å². The Labute approximate surface area is 80.7 Å². The summed E-state index contributed by atoms with van der Waals surface area (Å²) in [6.07, 6.45) is 10.8. The van der Waals surface area contributed by atoms with Gasteiger partial charge >= 0.3 is 0 Å². The number of likely N-dealkylation sites (N-methyl/N-ethyl adjacent to an activating group) is 1. The van der Waals surface area contributed by atoms with Crippen molar-refractivity contribution in [3.63, 3.8) is 0 Å². The van der Waals surface area contributed by atoms with E-state index < -0.39 is 0 Å². The predicted molar refractivity (Wildman–Crippen MR) is 58.3 cm³/mol. The summed E-state index contributed by atoms with van der Waals surface area (Å²) in [6.45, 7) is 0. The fourth-order valence-electron chi connectivity index (χ4n) is 1.38. The van der Waals surface area contributed by atoms with Gasteiger partial charge < -0.3 is 9.89 Å². The van der Waals surface area contributed by atoms with Crippen molar-refractivity contribution >= 4 is 6.21 Å². The molecule has 72 valence electrons. The number of hydrogen-bond acceptors (Lipinski definition) is 2. The molecule has 0 N–H and O–H groups in total. The van der Waals surface area contributed by atoms with Gasteiger partial charge in [0.2, 0.25) is 0 Å². The molecule has 0 bridgehead atoms. The summed E-state index contributed by atoms with van der Waals surface area (Å²) < 4.78 is 0. The highest BCUT2D eigenvalue weighted by atomic mass is 15.1. The van der Waals surface area contributed by atoms with Crippen LogP contribution in [-0.4, -0.2) is 38.3 Å². The second kappa shape index (κ2) is 4.97. The average molecular weight is 178 g/mol. The molecule has 0 saturated carbocycles. The Balaban J connectivity index is 2.45. The minimum Gasteiger partial charge on any atom is -0.303 e. The average Bonchev–Trinajstić information content (AvgIpc) is 2.15. The van der Waals surface area contributed by atoms with Crippen molar-refractivity contribution in [2.75, 3.05) is 21.1 Å². The van der Waals surface area contributed by atoms with Crippen LogP contribution in [0.25, 0.3) is 0 Å². The molecular weight excluding hydrogens is 160 g/mol. The SMILES string of the molecule is CN=CCC1=CCC(N(C)C)C=C1. The monoisotopic (exact) mass is 178 g/mol. The molecule has 1 atom stereocenters. The predicted octanol–water partition coefficient (Wildman–Crippen LogP) is 1.89. The van der Waals surface area contributed by atoms with Crippen molar-refractivity contribution in [1.29, 1.82) is 0 Å². The first kappa shape index (κ1) is 10.2. The first-order valence-electron chi connectivity index (χ1n) is 4.68. The summed E-state index contributed by atoms with van der Waals surface area (Å²) in [5, 5.41) is 0. The summed E-state index contributed by atoms with van der Waals surface area (Å²) in [5.74, 6) is 0. The van der Waals surface area contributed by atoms with Crippen LogP contribution < -0.4 is 0 Å². The maximum atomic E-state index is 3.97. The normalized spacial score (nSPS) is 22.8. The van der Waals surface area contributed by atoms with Crippen LogP contribution in [-0.2, 0) is 0 Å². The number of nitrogens with zero attached hydrogens (tertiary/aromatic N) is 2. The summed E-state index contributed by atoms with van der Waals surface area (Å²) in [5.41, 5.74) is 1.38. The van der Waals surface area contributed by atoms with E-state index in [2.05, 4.69) is 42.2 Å². The highest BCUT2D eigenvalue weighted by Crippen LogP contribution is 2.15. The molecule has 2 heteroatoms. The van der Waals surface area contributed by atoms with Gasteiger partial charge in [0.15, 0.2) is 0 Å². The number of hydrogen-bond donors (Lipinski definition) is 0. The molecule has 0 aromatic rings. The lowest BCUT2D eigenvalue weighted by Crippen LogP contribution is -2.26. The smallest absolute Gasteiger partial charge is 0.0309 e. The van der Waals surface area contributed by atoms with Crippen molar-refractivity contribution in [1.82, 2.24) is 4.90 Å². The van der Waals surface area contributed by atoms with Crippen LogP contribution in [0.1, 0.15) is 12.8 Å². The molecule has 0 aromatic carbocycles. The molecule has 0 aliphatic heterocycles. The van der Waals surface area contributed by atoms with Gasteiger partial charge in [-0.05, 0) is 26.1 Å². The Morgan fingerprint density at radius 1 is 1.62 bits per heavy atom. The van der Waals surface area contributed by atoms with E-state index >= 15 is 0 Å². The van der Waals surface area contributed by atoms with Gasteiger partial charge in [0.1, 0.15) is 0 Å². The topological polar surface area (TPSA) is 15.6 Å². The Hall–Kier alpha value is -0.890. The van der Waals surface area contributed by atoms with Crippen molar-refractivity contribution in [2.24, 2.45) is 4.99 Å². The standard InChI is InChI=1S/C11H18N2/c1-12-9-8-10-4-6-11(7-5-10)13(2)3/h4-6,9,11H,7-8H2,1-3H3. The van der Waals surface area contributed by atoms with E-state index in [1.807, 2.05) is 13.3 Å². The highest BCUT2D eigenvalue weighted by Gasteiger charge is 2.09. The van der Waals surface area contributed by atoms with Gasteiger partial charge in [0, 0.05) is 25.7 Å². The minimum absolute atomic E-state index is 0.572. The summed E-state index contributed by atoms with van der Waals surface area (Å²) in [6, 6.07) is 0.572. The number of aliphatic imine (C=N–C) groups is 1. The molecule has 1 rings (SSSR count). The van der Waals surface area contributed by atoms with Gasteiger partial charge in [0.05, 0.1) is 0 Å². The van der Waals surface area contributed by atoms with Gasteiger partial charge in [-0.25, -0.2) is 0 Å². The van der Waals surface area contributed by atoms with Crippen molar-refractivity contribution in [2.45, 2.75) is 18.9 Å². The lowest BCUT2D eigenvalue weighted by molar-refractivity contribution is 0.343. The van der Waals surface area contributed by atoms with E-state index in [0.717, 1.165) is 12.8 Å². The maximum absolute atomic E-state index is 3.97. The third-order valence-electron chi connectivity index (χ3n) is 2.33. The third-order valence-corrected chi connectivity index (χ3v) is 2.33. The Kier molecular flexibility index (Phi) is 3.90. The molecule has 1 aliphatic rings. The molecule has 0 radical (unpaired) electrons. The molecule has 0 spiro atoms. The highest BCUT2D eigenvalue weighted by molar-refractivity contribution is 5.62. The quantitative estimate of drug-likeness (QED) is 0.603. The van der Waals surface area contributed by atoms with E-state index in [0.29, 0.717) is 6.04 Å². The molecule has 0 aromatic heterocycles.